The zero-order valence-corrected chi connectivity index (χ0v) is 13.8. The molecule has 1 aromatic heterocycles. The number of benzene rings is 1. The third-order valence-corrected chi connectivity index (χ3v) is 5.43. The highest BCUT2D eigenvalue weighted by Crippen LogP contribution is 2.38. The number of rotatable bonds is 3. The van der Waals surface area contributed by atoms with Crippen LogP contribution in [0.25, 0.3) is 11.3 Å². The van der Waals surface area contributed by atoms with Crippen LogP contribution in [0.15, 0.2) is 33.6 Å². The van der Waals surface area contributed by atoms with Crippen molar-refractivity contribution in [3.05, 3.63) is 35.9 Å². The molecule has 4 nitrogen and oxygen atoms in total. The summed E-state index contributed by atoms with van der Waals surface area (Å²) in [4.78, 5) is 4.92. The van der Waals surface area contributed by atoms with Crippen LogP contribution >= 0.6 is 0 Å². The van der Waals surface area contributed by atoms with Crippen LogP contribution in [0.4, 0.5) is 0 Å². The van der Waals surface area contributed by atoms with E-state index >= 15 is 0 Å². The van der Waals surface area contributed by atoms with Gasteiger partial charge in [-0.2, -0.15) is 0 Å². The minimum absolute atomic E-state index is 0.326. The predicted molar refractivity (Wildman–Crippen MR) is 85.6 cm³/mol. The number of aryl methyl sites for hydroxylation is 1. The summed E-state index contributed by atoms with van der Waals surface area (Å²) in [6, 6.07) is 6.88. The molecule has 1 aliphatic carbocycles. The first kappa shape index (κ1) is 15.3. The molecular weight excluding hydrogens is 298 g/mol. The van der Waals surface area contributed by atoms with Gasteiger partial charge in [0.25, 0.3) is 0 Å². The van der Waals surface area contributed by atoms with Gasteiger partial charge in [-0.1, -0.05) is 19.3 Å². The van der Waals surface area contributed by atoms with Crippen molar-refractivity contribution >= 4 is 9.84 Å². The first-order valence-electron chi connectivity index (χ1n) is 7.73. The summed E-state index contributed by atoms with van der Waals surface area (Å²) in [6.45, 7) is 1.86. The van der Waals surface area contributed by atoms with Crippen molar-refractivity contribution in [1.82, 2.24) is 4.98 Å². The molecular formula is C17H21NO3S. The SMILES string of the molecule is Cc1nc(C2CCCCC2)c(-c2ccc(S(C)(=O)=O)cc2)o1. The maximum atomic E-state index is 11.6. The lowest BCUT2D eigenvalue weighted by atomic mass is 9.85. The molecule has 0 aliphatic heterocycles. The Labute approximate surface area is 131 Å². The highest BCUT2D eigenvalue weighted by Gasteiger charge is 2.24. The molecule has 1 fully saturated rings. The topological polar surface area (TPSA) is 60.2 Å². The second-order valence-corrected chi connectivity index (χ2v) is 8.09. The Morgan fingerprint density at radius 3 is 2.32 bits per heavy atom. The van der Waals surface area contributed by atoms with Crippen molar-refractivity contribution in [2.45, 2.75) is 49.8 Å². The largest absolute Gasteiger partial charge is 0.441 e. The summed E-state index contributed by atoms with van der Waals surface area (Å²) in [5.74, 6) is 1.92. The highest BCUT2D eigenvalue weighted by atomic mass is 32.2. The van der Waals surface area contributed by atoms with E-state index in [1.807, 2.05) is 19.1 Å². The van der Waals surface area contributed by atoms with Crippen LogP contribution in [0.5, 0.6) is 0 Å². The lowest BCUT2D eigenvalue weighted by Crippen LogP contribution is -2.06. The monoisotopic (exact) mass is 319 g/mol. The molecule has 0 saturated heterocycles. The molecule has 1 aliphatic rings. The van der Waals surface area contributed by atoms with Crippen LogP contribution < -0.4 is 0 Å². The lowest BCUT2D eigenvalue weighted by Gasteiger charge is -2.20. The number of nitrogens with zero attached hydrogens (tertiary/aromatic N) is 1. The van der Waals surface area contributed by atoms with Gasteiger partial charge in [0.1, 0.15) is 0 Å². The van der Waals surface area contributed by atoms with E-state index in [4.69, 9.17) is 4.42 Å². The van der Waals surface area contributed by atoms with E-state index in [2.05, 4.69) is 4.98 Å². The van der Waals surface area contributed by atoms with Gasteiger partial charge in [-0.15, -0.1) is 0 Å². The molecule has 1 saturated carbocycles. The number of sulfone groups is 1. The summed E-state index contributed by atoms with van der Waals surface area (Å²) in [6.07, 6.45) is 7.30. The Hall–Kier alpha value is -1.62. The van der Waals surface area contributed by atoms with Crippen molar-refractivity contribution in [3.63, 3.8) is 0 Å². The Morgan fingerprint density at radius 1 is 1.09 bits per heavy atom. The second-order valence-electron chi connectivity index (χ2n) is 6.08. The first-order valence-corrected chi connectivity index (χ1v) is 9.62. The number of hydrogen-bond acceptors (Lipinski definition) is 4. The maximum absolute atomic E-state index is 11.6. The predicted octanol–water partition coefficient (Wildman–Crippen LogP) is 4.10. The van der Waals surface area contributed by atoms with Gasteiger partial charge in [0.2, 0.25) is 0 Å². The molecule has 0 atom stereocenters. The summed E-state index contributed by atoms with van der Waals surface area (Å²) in [5, 5.41) is 0. The third-order valence-electron chi connectivity index (χ3n) is 4.30. The van der Waals surface area contributed by atoms with Gasteiger partial charge >= 0.3 is 0 Å². The highest BCUT2D eigenvalue weighted by molar-refractivity contribution is 7.90. The molecule has 0 unspecified atom stereocenters. The van der Waals surface area contributed by atoms with Crippen molar-refractivity contribution < 1.29 is 12.8 Å². The van der Waals surface area contributed by atoms with Gasteiger partial charge in [0, 0.05) is 24.7 Å². The van der Waals surface area contributed by atoms with Gasteiger partial charge in [0.05, 0.1) is 10.6 Å². The molecule has 2 aromatic rings. The van der Waals surface area contributed by atoms with Crippen LogP contribution in [-0.4, -0.2) is 19.7 Å². The third kappa shape index (κ3) is 3.09. The van der Waals surface area contributed by atoms with Gasteiger partial charge < -0.3 is 4.42 Å². The number of hydrogen-bond donors (Lipinski definition) is 0. The van der Waals surface area contributed by atoms with E-state index in [0.717, 1.165) is 29.9 Å². The quantitative estimate of drug-likeness (QED) is 0.854. The Morgan fingerprint density at radius 2 is 1.73 bits per heavy atom. The molecule has 0 bridgehead atoms. The Kier molecular flexibility index (Phi) is 4.08. The normalized spacial score (nSPS) is 16.8. The smallest absolute Gasteiger partial charge is 0.192 e. The van der Waals surface area contributed by atoms with E-state index in [0.29, 0.717) is 16.7 Å². The van der Waals surface area contributed by atoms with E-state index in [9.17, 15) is 8.42 Å². The van der Waals surface area contributed by atoms with Crippen LogP contribution in [0.2, 0.25) is 0 Å². The second kappa shape index (κ2) is 5.88. The molecule has 118 valence electrons. The van der Waals surface area contributed by atoms with E-state index in [1.54, 1.807) is 12.1 Å². The van der Waals surface area contributed by atoms with Crippen molar-refractivity contribution in [3.8, 4) is 11.3 Å². The minimum Gasteiger partial charge on any atom is -0.441 e. The van der Waals surface area contributed by atoms with Crippen LogP contribution in [-0.2, 0) is 9.84 Å². The summed E-state index contributed by atoms with van der Waals surface area (Å²) in [5.41, 5.74) is 1.93. The Bertz CT molecular complexity index is 754. The first-order chi connectivity index (χ1) is 10.4. The zero-order valence-electron chi connectivity index (χ0n) is 13.0. The minimum atomic E-state index is -3.17. The van der Waals surface area contributed by atoms with Gasteiger partial charge in [0.15, 0.2) is 21.5 Å². The van der Waals surface area contributed by atoms with Crippen LogP contribution in [0.1, 0.15) is 49.6 Å². The molecule has 0 spiro atoms. The fourth-order valence-electron chi connectivity index (χ4n) is 3.16. The summed E-state index contributed by atoms with van der Waals surface area (Å²) >= 11 is 0. The number of aromatic nitrogens is 1. The Balaban J connectivity index is 1.97. The van der Waals surface area contributed by atoms with E-state index in [1.165, 1.54) is 25.5 Å². The van der Waals surface area contributed by atoms with Gasteiger partial charge in [-0.25, -0.2) is 13.4 Å². The maximum Gasteiger partial charge on any atom is 0.192 e. The molecule has 3 rings (SSSR count). The summed E-state index contributed by atoms with van der Waals surface area (Å²) in [7, 11) is -3.17. The molecule has 1 heterocycles. The number of oxazole rings is 1. The molecule has 1 aromatic carbocycles. The van der Waals surface area contributed by atoms with E-state index in [-0.39, 0.29) is 0 Å². The summed E-state index contributed by atoms with van der Waals surface area (Å²) < 4.78 is 28.9. The van der Waals surface area contributed by atoms with E-state index < -0.39 is 9.84 Å². The zero-order chi connectivity index (χ0) is 15.7. The lowest BCUT2D eigenvalue weighted by molar-refractivity contribution is 0.437. The van der Waals surface area contributed by atoms with Crippen molar-refractivity contribution in [2.24, 2.45) is 0 Å². The molecule has 0 radical (unpaired) electrons. The fourth-order valence-corrected chi connectivity index (χ4v) is 3.79. The molecule has 0 amide bonds. The van der Waals surface area contributed by atoms with Crippen molar-refractivity contribution in [2.75, 3.05) is 6.26 Å². The standard InChI is InChI=1S/C17H21NO3S/c1-12-18-16(13-6-4-3-5-7-13)17(21-12)14-8-10-15(11-9-14)22(2,19)20/h8-11,13H,3-7H2,1-2H3. The fraction of sp³-hybridized carbons (Fsp3) is 0.471. The average molecular weight is 319 g/mol. The average Bonchev–Trinajstić information content (AvgIpc) is 2.89. The van der Waals surface area contributed by atoms with Crippen LogP contribution in [0, 0.1) is 6.92 Å². The molecule has 22 heavy (non-hydrogen) atoms. The molecule has 5 heteroatoms. The van der Waals surface area contributed by atoms with Gasteiger partial charge in [-0.3, -0.25) is 0 Å². The molecule has 0 N–H and O–H groups in total. The van der Waals surface area contributed by atoms with Crippen LogP contribution in [0.3, 0.4) is 0 Å². The van der Waals surface area contributed by atoms with Gasteiger partial charge in [-0.05, 0) is 37.1 Å². The van der Waals surface area contributed by atoms with Crippen molar-refractivity contribution in [1.29, 1.82) is 0 Å².